The second-order valence-corrected chi connectivity index (χ2v) is 2.78. The number of benzene rings is 1. The minimum Gasteiger partial charge on any atom is -0.322 e. The van der Waals surface area contributed by atoms with Crippen LogP contribution >= 0.6 is 0 Å². The number of para-hydroxylation sites is 1. The van der Waals surface area contributed by atoms with Gasteiger partial charge in [-0.2, -0.15) is 0 Å². The molecule has 0 aliphatic rings. The van der Waals surface area contributed by atoms with Gasteiger partial charge in [-0.15, -0.1) is 0 Å². The van der Waals surface area contributed by atoms with Crippen LogP contribution < -0.4 is 5.32 Å². The normalized spacial score (nSPS) is 9.87. The van der Waals surface area contributed by atoms with E-state index in [4.69, 9.17) is 0 Å². The molecule has 0 aromatic heterocycles. The van der Waals surface area contributed by atoms with Gasteiger partial charge in [0.15, 0.2) is 0 Å². The molecule has 0 saturated heterocycles. The summed E-state index contributed by atoms with van der Waals surface area (Å²) in [5.74, 6) is -0.276. The van der Waals surface area contributed by atoms with Gasteiger partial charge in [-0.05, 0) is 29.9 Å². The van der Waals surface area contributed by atoms with Crippen LogP contribution in [-0.2, 0) is 9.59 Å². The number of amides is 1. The Balaban J connectivity index is 2.95. The monoisotopic (exact) mass is 201 g/mol. The number of rotatable bonds is 4. The van der Waals surface area contributed by atoms with E-state index in [1.807, 2.05) is 6.07 Å². The Morgan fingerprint density at radius 3 is 2.73 bits per heavy atom. The van der Waals surface area contributed by atoms with Crippen LogP contribution in [-0.4, -0.2) is 12.2 Å². The number of carbonyl (C=O) groups is 2. The molecule has 15 heavy (non-hydrogen) atoms. The third-order valence-corrected chi connectivity index (χ3v) is 1.76. The molecule has 1 aromatic rings. The topological polar surface area (TPSA) is 46.2 Å². The molecule has 0 aliphatic heterocycles. The Morgan fingerprint density at radius 2 is 2.07 bits per heavy atom. The van der Waals surface area contributed by atoms with Crippen molar-refractivity contribution in [1.29, 1.82) is 0 Å². The lowest BCUT2D eigenvalue weighted by Crippen LogP contribution is -2.08. The van der Waals surface area contributed by atoms with Gasteiger partial charge in [-0.25, -0.2) is 0 Å². The van der Waals surface area contributed by atoms with E-state index in [2.05, 4.69) is 11.9 Å². The maximum atomic E-state index is 11.1. The molecule has 0 unspecified atom stereocenters. The molecular formula is C12H11NO2. The Morgan fingerprint density at radius 1 is 1.33 bits per heavy atom. The number of hydrogen-bond acceptors (Lipinski definition) is 2. The first-order valence-electron chi connectivity index (χ1n) is 4.42. The van der Waals surface area contributed by atoms with Crippen molar-refractivity contribution in [2.75, 3.05) is 5.32 Å². The summed E-state index contributed by atoms with van der Waals surface area (Å²) in [7, 11) is 0. The maximum absolute atomic E-state index is 11.1. The van der Waals surface area contributed by atoms with Crippen molar-refractivity contribution < 1.29 is 9.59 Å². The van der Waals surface area contributed by atoms with Crippen LogP contribution in [0.4, 0.5) is 5.69 Å². The van der Waals surface area contributed by atoms with Crippen LogP contribution in [0.25, 0.3) is 6.08 Å². The highest BCUT2D eigenvalue weighted by atomic mass is 16.1. The first kappa shape index (κ1) is 10.9. The van der Waals surface area contributed by atoms with Gasteiger partial charge in [0.2, 0.25) is 5.91 Å². The third-order valence-electron chi connectivity index (χ3n) is 1.76. The molecule has 0 spiro atoms. The fourth-order valence-corrected chi connectivity index (χ4v) is 1.08. The summed E-state index contributed by atoms with van der Waals surface area (Å²) in [6.07, 6.45) is 4.89. The van der Waals surface area contributed by atoms with E-state index < -0.39 is 0 Å². The highest BCUT2D eigenvalue weighted by Gasteiger charge is 2.00. The largest absolute Gasteiger partial charge is 0.322 e. The first-order chi connectivity index (χ1) is 7.27. The zero-order valence-electron chi connectivity index (χ0n) is 8.14. The van der Waals surface area contributed by atoms with Gasteiger partial charge in [0.1, 0.15) is 6.29 Å². The van der Waals surface area contributed by atoms with Crippen molar-refractivity contribution in [2.45, 2.75) is 0 Å². The number of nitrogens with one attached hydrogen (secondary N) is 1. The Hall–Kier alpha value is -2.16. The van der Waals surface area contributed by atoms with E-state index in [1.54, 1.807) is 24.3 Å². The lowest BCUT2D eigenvalue weighted by molar-refractivity contribution is -0.112. The molecule has 0 heterocycles. The number of carbonyl (C=O) groups excluding carboxylic acids is 2. The molecule has 0 atom stereocenters. The van der Waals surface area contributed by atoms with Gasteiger partial charge in [0.25, 0.3) is 0 Å². The van der Waals surface area contributed by atoms with Crippen LogP contribution in [0.1, 0.15) is 5.56 Å². The quantitative estimate of drug-likeness (QED) is 0.598. The summed E-state index contributed by atoms with van der Waals surface area (Å²) in [6, 6.07) is 7.19. The van der Waals surface area contributed by atoms with E-state index >= 15 is 0 Å². The molecule has 0 bridgehead atoms. The van der Waals surface area contributed by atoms with Gasteiger partial charge in [-0.1, -0.05) is 24.8 Å². The van der Waals surface area contributed by atoms with E-state index in [0.29, 0.717) is 12.0 Å². The molecule has 0 saturated carbocycles. The summed E-state index contributed by atoms with van der Waals surface area (Å²) in [6.45, 7) is 3.36. The zero-order valence-corrected chi connectivity index (χ0v) is 8.14. The van der Waals surface area contributed by atoms with Gasteiger partial charge >= 0.3 is 0 Å². The molecule has 0 aliphatic carbocycles. The van der Waals surface area contributed by atoms with Gasteiger partial charge < -0.3 is 5.32 Å². The van der Waals surface area contributed by atoms with Gasteiger partial charge in [0.05, 0.1) is 0 Å². The first-order valence-corrected chi connectivity index (χ1v) is 4.42. The fraction of sp³-hybridized carbons (Fsp3) is 0. The van der Waals surface area contributed by atoms with Crippen molar-refractivity contribution in [3.63, 3.8) is 0 Å². The highest BCUT2D eigenvalue weighted by Crippen LogP contribution is 2.16. The van der Waals surface area contributed by atoms with Crippen molar-refractivity contribution in [2.24, 2.45) is 0 Å². The van der Waals surface area contributed by atoms with E-state index in [0.717, 1.165) is 5.56 Å². The van der Waals surface area contributed by atoms with Gasteiger partial charge in [-0.3, -0.25) is 9.59 Å². The SMILES string of the molecule is C=CC(=O)Nc1ccccc1/C=C/C=O. The standard InChI is InChI=1S/C12H11NO2/c1-2-12(15)13-11-8-4-3-6-10(11)7-5-9-14/h2-9H,1H2,(H,13,15)/b7-5+. The second-order valence-electron chi connectivity index (χ2n) is 2.78. The molecule has 1 aromatic carbocycles. The molecule has 3 heteroatoms. The van der Waals surface area contributed by atoms with E-state index in [-0.39, 0.29) is 5.91 Å². The van der Waals surface area contributed by atoms with E-state index in [1.165, 1.54) is 12.2 Å². The summed E-state index contributed by atoms with van der Waals surface area (Å²) in [4.78, 5) is 21.3. The molecule has 1 N–H and O–H groups in total. The predicted octanol–water partition coefficient (Wildman–Crippen LogP) is 2.02. The van der Waals surface area contributed by atoms with Crippen molar-refractivity contribution in [3.05, 3.63) is 48.6 Å². The summed E-state index contributed by atoms with van der Waals surface area (Å²) in [5, 5.41) is 2.64. The number of allylic oxidation sites excluding steroid dienone is 1. The molecule has 3 nitrogen and oxygen atoms in total. The predicted molar refractivity (Wildman–Crippen MR) is 60.4 cm³/mol. The Kier molecular flexibility index (Phi) is 4.04. The molecule has 1 rings (SSSR count). The summed E-state index contributed by atoms with van der Waals surface area (Å²) < 4.78 is 0. The van der Waals surface area contributed by atoms with Crippen LogP contribution in [0.5, 0.6) is 0 Å². The van der Waals surface area contributed by atoms with Crippen molar-refractivity contribution in [3.8, 4) is 0 Å². The minimum atomic E-state index is -0.276. The summed E-state index contributed by atoms with van der Waals surface area (Å²) in [5.41, 5.74) is 1.43. The van der Waals surface area contributed by atoms with Crippen LogP contribution in [0.15, 0.2) is 43.0 Å². The molecule has 0 radical (unpaired) electrons. The lowest BCUT2D eigenvalue weighted by atomic mass is 10.1. The number of anilines is 1. The molecule has 0 fully saturated rings. The molecule has 76 valence electrons. The van der Waals surface area contributed by atoms with Gasteiger partial charge in [0, 0.05) is 5.69 Å². The third kappa shape index (κ3) is 3.23. The zero-order chi connectivity index (χ0) is 11.1. The van der Waals surface area contributed by atoms with Crippen molar-refractivity contribution in [1.82, 2.24) is 0 Å². The number of hydrogen-bond donors (Lipinski definition) is 1. The lowest BCUT2D eigenvalue weighted by Gasteiger charge is -2.05. The van der Waals surface area contributed by atoms with Crippen LogP contribution in [0, 0.1) is 0 Å². The van der Waals surface area contributed by atoms with E-state index in [9.17, 15) is 9.59 Å². The maximum Gasteiger partial charge on any atom is 0.247 e. The second kappa shape index (κ2) is 5.54. The minimum absolute atomic E-state index is 0.276. The average Bonchev–Trinajstić information content (AvgIpc) is 2.28. The number of aldehydes is 1. The fourth-order valence-electron chi connectivity index (χ4n) is 1.08. The Labute approximate surface area is 88.1 Å². The average molecular weight is 201 g/mol. The van der Waals surface area contributed by atoms with Crippen LogP contribution in [0.2, 0.25) is 0 Å². The van der Waals surface area contributed by atoms with Crippen molar-refractivity contribution >= 4 is 24.0 Å². The molecular weight excluding hydrogens is 190 g/mol. The molecule has 1 amide bonds. The smallest absolute Gasteiger partial charge is 0.247 e. The summed E-state index contributed by atoms with van der Waals surface area (Å²) >= 11 is 0. The highest BCUT2D eigenvalue weighted by molar-refractivity contribution is 6.00. The Bertz CT molecular complexity index is 408. The van der Waals surface area contributed by atoms with Crippen LogP contribution in [0.3, 0.4) is 0 Å².